The van der Waals surface area contributed by atoms with Gasteiger partial charge in [0.2, 0.25) is 0 Å². The van der Waals surface area contributed by atoms with E-state index in [4.69, 9.17) is 12.2 Å². The first kappa shape index (κ1) is 20.0. The first-order valence-corrected chi connectivity index (χ1v) is 10.0. The van der Waals surface area contributed by atoms with Crippen LogP contribution in [-0.4, -0.2) is 21.5 Å². The molecule has 0 unspecified atom stereocenters. The summed E-state index contributed by atoms with van der Waals surface area (Å²) in [5.74, 6) is -0.195. The second kappa shape index (κ2) is 9.44. The number of benzene rings is 2. The number of amides is 1. The topological polar surface area (TPSA) is 32.7 Å². The Hall–Kier alpha value is -2.76. The third-order valence-corrected chi connectivity index (χ3v) is 5.18. The summed E-state index contributed by atoms with van der Waals surface area (Å²) in [6, 6.07) is 20.0. The molecule has 1 aliphatic heterocycles. The van der Waals surface area contributed by atoms with Crippen LogP contribution in [0, 0.1) is 0 Å². The van der Waals surface area contributed by atoms with Crippen LogP contribution in [0.3, 0.4) is 0 Å². The van der Waals surface area contributed by atoms with Gasteiger partial charge in [-0.3, -0.25) is 4.79 Å². The summed E-state index contributed by atoms with van der Waals surface area (Å²) in [4.78, 5) is 13.2. The molecule has 3 rings (SSSR count). The Morgan fingerprint density at radius 1 is 0.929 bits per heavy atom. The van der Waals surface area contributed by atoms with E-state index < -0.39 is 0 Å². The molecule has 1 saturated heterocycles. The van der Waals surface area contributed by atoms with Gasteiger partial charge < -0.3 is 0 Å². The number of nitrogens with zero attached hydrogens (tertiary/aromatic N) is 2. The third kappa shape index (κ3) is 5.38. The van der Waals surface area contributed by atoms with Crippen molar-refractivity contribution in [3.05, 3.63) is 93.9 Å². The molecule has 0 aromatic heterocycles. The van der Waals surface area contributed by atoms with Crippen LogP contribution in [0.4, 0.5) is 0 Å². The highest BCUT2D eigenvalue weighted by atomic mass is 32.2. The van der Waals surface area contributed by atoms with Gasteiger partial charge in [-0.1, -0.05) is 84.6 Å². The maximum Gasteiger partial charge on any atom is 0.286 e. The molecule has 2 aromatic rings. The molecule has 3 nitrogen and oxygen atoms in total. The van der Waals surface area contributed by atoms with Crippen molar-refractivity contribution in [3.8, 4) is 0 Å². The number of carbonyl (C=O) groups excluding carboxylic acids is 1. The van der Waals surface area contributed by atoms with E-state index in [1.807, 2.05) is 92.7 Å². The average Bonchev–Trinajstić information content (AvgIpc) is 2.94. The predicted octanol–water partition coefficient (Wildman–Crippen LogP) is 5.92. The number of carbonyl (C=O) groups is 1. The van der Waals surface area contributed by atoms with Gasteiger partial charge in [0.05, 0.1) is 11.1 Å². The molecule has 0 saturated carbocycles. The van der Waals surface area contributed by atoms with Gasteiger partial charge in [-0.15, -0.1) is 0 Å². The van der Waals surface area contributed by atoms with E-state index >= 15 is 0 Å². The molecular weight excluding hydrogens is 384 g/mol. The molecule has 0 aliphatic carbocycles. The van der Waals surface area contributed by atoms with Crippen molar-refractivity contribution in [1.29, 1.82) is 0 Å². The van der Waals surface area contributed by atoms with Crippen LogP contribution in [0.15, 0.2) is 87.9 Å². The van der Waals surface area contributed by atoms with E-state index in [2.05, 4.69) is 5.10 Å². The molecule has 0 radical (unpaired) electrons. The van der Waals surface area contributed by atoms with Gasteiger partial charge in [0, 0.05) is 0 Å². The van der Waals surface area contributed by atoms with E-state index in [1.165, 1.54) is 16.8 Å². The first-order valence-electron chi connectivity index (χ1n) is 8.81. The molecule has 140 valence electrons. The summed E-state index contributed by atoms with van der Waals surface area (Å²) >= 11 is 6.60. The van der Waals surface area contributed by atoms with E-state index in [0.29, 0.717) is 9.23 Å². The molecule has 1 heterocycles. The molecule has 28 heavy (non-hydrogen) atoms. The fourth-order valence-electron chi connectivity index (χ4n) is 2.62. The van der Waals surface area contributed by atoms with Crippen molar-refractivity contribution in [3.63, 3.8) is 0 Å². The fourth-order valence-corrected chi connectivity index (χ4v) is 3.84. The highest BCUT2D eigenvalue weighted by molar-refractivity contribution is 8.26. The van der Waals surface area contributed by atoms with Gasteiger partial charge >= 0.3 is 0 Å². The van der Waals surface area contributed by atoms with Crippen LogP contribution < -0.4 is 0 Å². The molecule has 1 amide bonds. The summed E-state index contributed by atoms with van der Waals surface area (Å²) in [7, 11) is 0. The number of allylic oxidation sites excluding steroid dienone is 3. The zero-order valence-electron chi connectivity index (χ0n) is 15.7. The van der Waals surface area contributed by atoms with Crippen molar-refractivity contribution in [2.75, 3.05) is 0 Å². The fraction of sp³-hybridized carbons (Fsp3) is 0.0870. The van der Waals surface area contributed by atoms with Gasteiger partial charge in [0.25, 0.3) is 5.91 Å². The van der Waals surface area contributed by atoms with Crippen LogP contribution in [-0.2, 0) is 4.79 Å². The summed E-state index contributed by atoms with van der Waals surface area (Å²) in [5.41, 5.74) is 4.09. The minimum absolute atomic E-state index is 0.195. The highest BCUT2D eigenvalue weighted by Gasteiger charge is 2.31. The lowest BCUT2D eigenvalue weighted by atomic mass is 10.1. The van der Waals surface area contributed by atoms with Crippen molar-refractivity contribution in [1.82, 2.24) is 5.01 Å². The van der Waals surface area contributed by atoms with Crippen LogP contribution >= 0.6 is 24.0 Å². The first-order chi connectivity index (χ1) is 13.5. The quantitative estimate of drug-likeness (QED) is 0.352. The molecule has 2 aromatic carbocycles. The Kier molecular flexibility index (Phi) is 6.74. The second-order valence-corrected chi connectivity index (χ2v) is 8.01. The van der Waals surface area contributed by atoms with Gasteiger partial charge in [0.15, 0.2) is 4.32 Å². The van der Waals surface area contributed by atoms with Gasteiger partial charge in [-0.25, -0.2) is 0 Å². The lowest BCUT2D eigenvalue weighted by Gasteiger charge is -2.06. The molecule has 0 N–H and O–H groups in total. The maximum absolute atomic E-state index is 12.7. The predicted molar refractivity (Wildman–Crippen MR) is 124 cm³/mol. The summed E-state index contributed by atoms with van der Waals surface area (Å²) < 4.78 is 0.438. The third-order valence-electron chi connectivity index (χ3n) is 3.90. The summed E-state index contributed by atoms with van der Waals surface area (Å²) in [6.07, 6.45) is 7.55. The van der Waals surface area contributed by atoms with Crippen LogP contribution in [0.25, 0.3) is 12.2 Å². The Bertz CT molecular complexity index is 990. The summed E-state index contributed by atoms with van der Waals surface area (Å²) in [5, 5.41) is 5.57. The van der Waals surface area contributed by atoms with Gasteiger partial charge in [-0.05, 0) is 54.4 Å². The SMILES string of the molecule is CC(=C/c1ccccc1)/C=C1/SC(=S)N(/N=C/C(C)=C/c2ccccc2)C1=O. The van der Waals surface area contributed by atoms with Crippen molar-refractivity contribution < 1.29 is 4.79 Å². The number of thiocarbonyl (C=S) groups is 1. The maximum atomic E-state index is 12.7. The molecule has 0 spiro atoms. The summed E-state index contributed by atoms with van der Waals surface area (Å²) in [6.45, 7) is 3.91. The largest absolute Gasteiger partial charge is 0.286 e. The number of thioether (sulfide) groups is 1. The molecule has 1 fully saturated rings. The smallest absolute Gasteiger partial charge is 0.266 e. The lowest BCUT2D eigenvalue weighted by Crippen LogP contribution is -2.22. The zero-order valence-corrected chi connectivity index (χ0v) is 17.3. The monoisotopic (exact) mass is 404 g/mol. The molecule has 1 aliphatic rings. The second-order valence-electron chi connectivity index (χ2n) is 6.34. The Labute approximate surface area is 175 Å². The molecular formula is C23H20N2OS2. The van der Waals surface area contributed by atoms with E-state index in [1.54, 1.807) is 6.21 Å². The highest BCUT2D eigenvalue weighted by Crippen LogP contribution is 2.32. The number of hydrogen-bond acceptors (Lipinski definition) is 4. The van der Waals surface area contributed by atoms with Crippen LogP contribution in [0.2, 0.25) is 0 Å². The minimum Gasteiger partial charge on any atom is -0.266 e. The van der Waals surface area contributed by atoms with Crippen LogP contribution in [0.1, 0.15) is 25.0 Å². The average molecular weight is 405 g/mol. The van der Waals surface area contributed by atoms with Gasteiger partial charge in [0.1, 0.15) is 0 Å². The number of hydrogen-bond donors (Lipinski definition) is 0. The molecule has 5 heteroatoms. The zero-order chi connectivity index (χ0) is 19.9. The Morgan fingerprint density at radius 3 is 2.04 bits per heavy atom. The molecule has 0 atom stereocenters. The van der Waals surface area contributed by atoms with Crippen molar-refractivity contribution in [2.45, 2.75) is 13.8 Å². The van der Waals surface area contributed by atoms with Crippen molar-refractivity contribution in [2.24, 2.45) is 5.10 Å². The van der Waals surface area contributed by atoms with E-state index in [0.717, 1.165) is 22.3 Å². The van der Waals surface area contributed by atoms with Crippen LogP contribution in [0.5, 0.6) is 0 Å². The molecule has 0 bridgehead atoms. The normalized spacial score (nSPS) is 17.2. The Morgan fingerprint density at radius 2 is 1.46 bits per heavy atom. The standard InChI is InChI=1S/C23H20N2OS2/c1-17(13-19-9-5-3-6-10-19)15-21-22(26)25(23(27)28-21)24-16-18(2)14-20-11-7-4-8-12-20/h3-16H,1-2H3/b17-13-,18-14+,21-15+,24-16+. The van der Waals surface area contributed by atoms with Crippen molar-refractivity contribution >= 4 is 52.6 Å². The minimum atomic E-state index is -0.195. The Balaban J connectivity index is 1.73. The van der Waals surface area contributed by atoms with E-state index in [-0.39, 0.29) is 5.91 Å². The lowest BCUT2D eigenvalue weighted by molar-refractivity contribution is -0.122. The van der Waals surface area contributed by atoms with E-state index in [9.17, 15) is 4.79 Å². The number of hydrazone groups is 1. The van der Waals surface area contributed by atoms with Gasteiger partial charge in [-0.2, -0.15) is 10.1 Å². The number of rotatable bonds is 5.